The number of pyridine rings is 1. The van der Waals surface area contributed by atoms with Crippen molar-refractivity contribution < 1.29 is 0 Å². The van der Waals surface area contributed by atoms with Gasteiger partial charge in [0.15, 0.2) is 0 Å². The standard InChI is InChI=1S/C10H20N2.C8H12N2/c1-2-8-12(9-3-1)10-4-6-11-7-5-10;1-9-7-5-8-4-2-3-6-10-8/h10-11H,1-9H2;2-4,6,9H,5,7H2,1H3. The van der Waals surface area contributed by atoms with Crippen molar-refractivity contribution in [2.45, 2.75) is 44.6 Å². The Morgan fingerprint density at radius 2 is 1.95 bits per heavy atom. The van der Waals surface area contributed by atoms with Gasteiger partial charge in [0, 0.05) is 30.9 Å². The Labute approximate surface area is 135 Å². The van der Waals surface area contributed by atoms with Crippen LogP contribution in [0.25, 0.3) is 0 Å². The van der Waals surface area contributed by atoms with Gasteiger partial charge in [0.05, 0.1) is 0 Å². The number of aromatic nitrogens is 1. The van der Waals surface area contributed by atoms with Gasteiger partial charge in [0.2, 0.25) is 0 Å². The van der Waals surface area contributed by atoms with Crippen LogP contribution in [-0.4, -0.2) is 55.7 Å². The summed E-state index contributed by atoms with van der Waals surface area (Å²) in [5, 5.41) is 6.50. The third-order valence-corrected chi connectivity index (χ3v) is 4.57. The van der Waals surface area contributed by atoms with Gasteiger partial charge in [-0.25, -0.2) is 0 Å². The minimum atomic E-state index is 0.909. The Balaban J connectivity index is 0.000000164. The van der Waals surface area contributed by atoms with Crippen LogP contribution in [0.5, 0.6) is 0 Å². The van der Waals surface area contributed by atoms with E-state index in [1.807, 2.05) is 31.4 Å². The fourth-order valence-electron chi connectivity index (χ4n) is 3.25. The van der Waals surface area contributed by atoms with E-state index in [9.17, 15) is 0 Å². The molecule has 0 saturated carbocycles. The topological polar surface area (TPSA) is 40.2 Å². The molecule has 0 bridgehead atoms. The normalized spacial score (nSPS) is 20.2. The molecule has 0 aliphatic carbocycles. The Kier molecular flexibility index (Phi) is 8.46. The Hall–Kier alpha value is -0.970. The van der Waals surface area contributed by atoms with E-state index in [1.54, 1.807) is 0 Å². The van der Waals surface area contributed by atoms with Gasteiger partial charge in [-0.2, -0.15) is 0 Å². The minimum Gasteiger partial charge on any atom is -0.319 e. The molecule has 4 heteroatoms. The fourth-order valence-corrected chi connectivity index (χ4v) is 3.25. The smallest absolute Gasteiger partial charge is 0.0416 e. The number of rotatable bonds is 4. The van der Waals surface area contributed by atoms with Crippen LogP contribution in [0.2, 0.25) is 0 Å². The number of piperidine rings is 2. The van der Waals surface area contributed by atoms with Crippen LogP contribution in [0, 0.1) is 0 Å². The lowest BCUT2D eigenvalue weighted by molar-refractivity contribution is 0.136. The SMILES string of the molecule is C1CCN(C2CCNCC2)CC1.CNCCc1ccccn1. The third kappa shape index (κ3) is 6.42. The molecule has 0 aromatic carbocycles. The molecule has 1 aromatic heterocycles. The third-order valence-electron chi connectivity index (χ3n) is 4.57. The second-order valence-electron chi connectivity index (χ2n) is 6.25. The van der Waals surface area contributed by atoms with Gasteiger partial charge < -0.3 is 15.5 Å². The number of likely N-dealkylation sites (tertiary alicyclic amines) is 1. The number of hydrogen-bond acceptors (Lipinski definition) is 4. The summed E-state index contributed by atoms with van der Waals surface area (Å²) in [6.07, 6.45) is 9.91. The summed E-state index contributed by atoms with van der Waals surface area (Å²) in [5.74, 6) is 0. The zero-order valence-electron chi connectivity index (χ0n) is 14.1. The van der Waals surface area contributed by atoms with Crippen LogP contribution in [0.4, 0.5) is 0 Å². The van der Waals surface area contributed by atoms with Crippen molar-refractivity contribution in [3.05, 3.63) is 30.1 Å². The maximum atomic E-state index is 4.18. The van der Waals surface area contributed by atoms with E-state index >= 15 is 0 Å². The zero-order valence-corrected chi connectivity index (χ0v) is 14.1. The van der Waals surface area contributed by atoms with Crippen molar-refractivity contribution in [2.24, 2.45) is 0 Å². The van der Waals surface area contributed by atoms with Crippen LogP contribution in [0.15, 0.2) is 24.4 Å². The summed E-state index contributed by atoms with van der Waals surface area (Å²) in [5.41, 5.74) is 1.15. The van der Waals surface area contributed by atoms with Crippen LogP contribution < -0.4 is 10.6 Å². The van der Waals surface area contributed by atoms with Crippen molar-refractivity contribution >= 4 is 0 Å². The average Bonchev–Trinajstić information content (AvgIpc) is 2.63. The lowest BCUT2D eigenvalue weighted by atomic mass is 10.0. The number of nitrogens with zero attached hydrogens (tertiary/aromatic N) is 2. The average molecular weight is 304 g/mol. The largest absolute Gasteiger partial charge is 0.319 e. The first kappa shape index (κ1) is 17.4. The summed E-state index contributed by atoms with van der Waals surface area (Å²) in [6, 6.07) is 6.89. The van der Waals surface area contributed by atoms with Crippen LogP contribution >= 0.6 is 0 Å². The first-order chi connectivity index (χ1) is 10.9. The van der Waals surface area contributed by atoms with Crippen LogP contribution in [-0.2, 0) is 6.42 Å². The molecule has 124 valence electrons. The van der Waals surface area contributed by atoms with E-state index in [0.717, 1.165) is 24.7 Å². The molecule has 0 spiro atoms. The number of hydrogen-bond donors (Lipinski definition) is 2. The highest BCUT2D eigenvalue weighted by molar-refractivity contribution is 5.03. The lowest BCUT2D eigenvalue weighted by Crippen LogP contribution is -2.45. The molecule has 4 nitrogen and oxygen atoms in total. The number of likely N-dealkylation sites (N-methyl/N-ethyl adjacent to an activating group) is 1. The summed E-state index contributed by atoms with van der Waals surface area (Å²) >= 11 is 0. The highest BCUT2D eigenvalue weighted by atomic mass is 15.2. The first-order valence-electron chi connectivity index (χ1n) is 8.89. The summed E-state index contributed by atoms with van der Waals surface area (Å²) < 4.78 is 0. The van der Waals surface area contributed by atoms with Crippen molar-refractivity contribution in [1.29, 1.82) is 0 Å². The zero-order chi connectivity index (χ0) is 15.5. The van der Waals surface area contributed by atoms with E-state index in [-0.39, 0.29) is 0 Å². The molecule has 1 aromatic rings. The molecule has 3 rings (SSSR count). The summed E-state index contributed by atoms with van der Waals surface area (Å²) in [4.78, 5) is 6.89. The predicted molar refractivity (Wildman–Crippen MR) is 93.2 cm³/mol. The minimum absolute atomic E-state index is 0.909. The second-order valence-corrected chi connectivity index (χ2v) is 6.25. The summed E-state index contributed by atoms with van der Waals surface area (Å²) in [7, 11) is 1.95. The molecule has 2 aliphatic rings. The van der Waals surface area contributed by atoms with E-state index in [4.69, 9.17) is 0 Å². The molecular formula is C18H32N4. The van der Waals surface area contributed by atoms with E-state index in [0.29, 0.717) is 0 Å². The van der Waals surface area contributed by atoms with Gasteiger partial charge in [-0.15, -0.1) is 0 Å². The van der Waals surface area contributed by atoms with Crippen LogP contribution in [0.3, 0.4) is 0 Å². The maximum absolute atomic E-state index is 4.18. The molecule has 0 radical (unpaired) electrons. The summed E-state index contributed by atoms with van der Waals surface area (Å²) in [6.45, 7) is 6.20. The molecule has 0 atom stereocenters. The molecule has 2 N–H and O–H groups in total. The molecule has 2 aliphatic heterocycles. The molecule has 0 unspecified atom stereocenters. The van der Waals surface area contributed by atoms with Gasteiger partial charge >= 0.3 is 0 Å². The molecule has 22 heavy (non-hydrogen) atoms. The van der Waals surface area contributed by atoms with Gasteiger partial charge in [-0.05, 0) is 71.0 Å². The molecule has 2 saturated heterocycles. The van der Waals surface area contributed by atoms with Crippen molar-refractivity contribution in [3.8, 4) is 0 Å². The second kappa shape index (κ2) is 10.7. The first-order valence-corrected chi connectivity index (χ1v) is 8.89. The monoisotopic (exact) mass is 304 g/mol. The molecular weight excluding hydrogens is 272 g/mol. The van der Waals surface area contributed by atoms with Crippen molar-refractivity contribution in [3.63, 3.8) is 0 Å². The predicted octanol–water partition coefficient (Wildman–Crippen LogP) is 2.07. The van der Waals surface area contributed by atoms with Crippen molar-refractivity contribution in [2.75, 3.05) is 39.8 Å². The Morgan fingerprint density at radius 1 is 1.18 bits per heavy atom. The fraction of sp³-hybridized carbons (Fsp3) is 0.722. The van der Waals surface area contributed by atoms with Gasteiger partial charge in [0.25, 0.3) is 0 Å². The van der Waals surface area contributed by atoms with Crippen LogP contribution in [0.1, 0.15) is 37.8 Å². The van der Waals surface area contributed by atoms with Crippen molar-refractivity contribution in [1.82, 2.24) is 20.5 Å². The van der Waals surface area contributed by atoms with Gasteiger partial charge in [-0.1, -0.05) is 12.5 Å². The number of nitrogens with one attached hydrogen (secondary N) is 2. The van der Waals surface area contributed by atoms with E-state index in [1.165, 1.54) is 58.3 Å². The van der Waals surface area contributed by atoms with Gasteiger partial charge in [-0.3, -0.25) is 4.98 Å². The Bertz CT molecular complexity index is 354. The molecule has 3 heterocycles. The lowest BCUT2D eigenvalue weighted by Gasteiger charge is -2.36. The Morgan fingerprint density at radius 3 is 2.59 bits per heavy atom. The quantitative estimate of drug-likeness (QED) is 0.893. The van der Waals surface area contributed by atoms with E-state index < -0.39 is 0 Å². The highest BCUT2D eigenvalue weighted by Gasteiger charge is 2.21. The van der Waals surface area contributed by atoms with E-state index in [2.05, 4.69) is 20.5 Å². The maximum Gasteiger partial charge on any atom is 0.0416 e. The highest BCUT2D eigenvalue weighted by Crippen LogP contribution is 2.17. The van der Waals surface area contributed by atoms with Gasteiger partial charge in [0.1, 0.15) is 0 Å². The molecule has 2 fully saturated rings. The molecule has 0 amide bonds.